The summed E-state index contributed by atoms with van der Waals surface area (Å²) >= 11 is 6.14. The van der Waals surface area contributed by atoms with Crippen molar-refractivity contribution in [3.63, 3.8) is 0 Å². The molecule has 0 aliphatic carbocycles. The van der Waals surface area contributed by atoms with E-state index >= 15 is 0 Å². The van der Waals surface area contributed by atoms with Gasteiger partial charge in [0, 0.05) is 12.6 Å². The molecule has 1 unspecified atom stereocenters. The molecule has 0 amide bonds. The fraction of sp³-hybridized carbons (Fsp3) is 0.333. The molecule has 0 bridgehead atoms. The number of nitrogens with one attached hydrogen (secondary N) is 2. The van der Waals surface area contributed by atoms with Gasteiger partial charge in [-0.3, -0.25) is 0 Å². The Hall–Kier alpha value is -1.81. The van der Waals surface area contributed by atoms with Crippen LogP contribution in [0.1, 0.15) is 31.0 Å². The molecule has 20 heavy (non-hydrogen) atoms. The van der Waals surface area contributed by atoms with Gasteiger partial charge in [0.05, 0.1) is 6.20 Å². The minimum absolute atomic E-state index is 0.123. The van der Waals surface area contributed by atoms with E-state index in [2.05, 4.69) is 58.7 Å². The Morgan fingerprint density at radius 3 is 2.60 bits per heavy atom. The van der Waals surface area contributed by atoms with Gasteiger partial charge < -0.3 is 10.6 Å². The van der Waals surface area contributed by atoms with Crippen molar-refractivity contribution in [1.82, 2.24) is 9.97 Å². The smallest absolute Gasteiger partial charge is 0.224 e. The lowest BCUT2D eigenvalue weighted by Gasteiger charge is -2.16. The van der Waals surface area contributed by atoms with Gasteiger partial charge in [0.15, 0.2) is 5.82 Å². The molecular formula is C15H19ClN4. The first-order valence-corrected chi connectivity index (χ1v) is 7.07. The van der Waals surface area contributed by atoms with Crippen molar-refractivity contribution in [2.24, 2.45) is 0 Å². The van der Waals surface area contributed by atoms with Gasteiger partial charge in [0.2, 0.25) is 5.95 Å². The highest BCUT2D eigenvalue weighted by Gasteiger charge is 2.10. The molecular weight excluding hydrogens is 272 g/mol. The third-order valence-corrected chi connectivity index (χ3v) is 3.29. The average Bonchev–Trinajstić information content (AvgIpc) is 2.43. The van der Waals surface area contributed by atoms with Crippen LogP contribution < -0.4 is 10.6 Å². The predicted octanol–water partition coefficient (Wildman–Crippen LogP) is 4.04. The van der Waals surface area contributed by atoms with E-state index in [9.17, 15) is 0 Å². The van der Waals surface area contributed by atoms with Gasteiger partial charge >= 0.3 is 0 Å². The summed E-state index contributed by atoms with van der Waals surface area (Å²) in [6, 6.07) is 8.52. The van der Waals surface area contributed by atoms with Crippen LogP contribution >= 0.6 is 11.6 Å². The van der Waals surface area contributed by atoms with Gasteiger partial charge in [0.25, 0.3) is 0 Å². The maximum atomic E-state index is 6.14. The molecule has 4 nitrogen and oxygen atoms in total. The topological polar surface area (TPSA) is 49.8 Å². The van der Waals surface area contributed by atoms with Gasteiger partial charge in [-0.15, -0.1) is 0 Å². The number of aromatic nitrogens is 2. The SMILES string of the molecule is CCNc1ncc(Cl)c(NC(C)c2ccc(C)cc2)n1. The highest BCUT2D eigenvalue weighted by Crippen LogP contribution is 2.24. The van der Waals surface area contributed by atoms with Crippen LogP contribution in [0.25, 0.3) is 0 Å². The van der Waals surface area contributed by atoms with Crippen molar-refractivity contribution in [3.8, 4) is 0 Å². The fourth-order valence-corrected chi connectivity index (χ4v) is 2.00. The van der Waals surface area contributed by atoms with Crippen LogP contribution in [-0.2, 0) is 0 Å². The first-order valence-electron chi connectivity index (χ1n) is 6.69. The van der Waals surface area contributed by atoms with Crippen molar-refractivity contribution in [2.75, 3.05) is 17.2 Å². The Morgan fingerprint density at radius 2 is 1.95 bits per heavy atom. The molecule has 5 heteroatoms. The molecule has 1 aromatic heterocycles. The van der Waals surface area contributed by atoms with E-state index in [4.69, 9.17) is 11.6 Å². The van der Waals surface area contributed by atoms with Gasteiger partial charge in [-0.1, -0.05) is 41.4 Å². The number of aryl methyl sites for hydroxylation is 1. The molecule has 1 atom stereocenters. The minimum atomic E-state index is 0.123. The van der Waals surface area contributed by atoms with Crippen molar-refractivity contribution >= 4 is 23.4 Å². The number of benzene rings is 1. The zero-order valence-corrected chi connectivity index (χ0v) is 12.7. The maximum absolute atomic E-state index is 6.14. The summed E-state index contributed by atoms with van der Waals surface area (Å²) in [5.41, 5.74) is 2.44. The van der Waals surface area contributed by atoms with E-state index in [0.29, 0.717) is 16.8 Å². The van der Waals surface area contributed by atoms with E-state index in [1.54, 1.807) is 6.20 Å². The molecule has 0 radical (unpaired) electrons. The standard InChI is InChI=1S/C15H19ClN4/c1-4-17-15-18-9-13(16)14(20-15)19-11(3)12-7-5-10(2)6-8-12/h5-9,11H,4H2,1-3H3,(H2,17,18,19,20). The summed E-state index contributed by atoms with van der Waals surface area (Å²) < 4.78 is 0. The summed E-state index contributed by atoms with van der Waals surface area (Å²) in [7, 11) is 0. The fourth-order valence-electron chi connectivity index (χ4n) is 1.86. The van der Waals surface area contributed by atoms with Gasteiger partial charge in [-0.05, 0) is 26.3 Å². The second-order valence-corrected chi connectivity index (χ2v) is 5.10. The van der Waals surface area contributed by atoms with E-state index in [1.807, 2.05) is 6.92 Å². The zero-order valence-electron chi connectivity index (χ0n) is 11.9. The zero-order chi connectivity index (χ0) is 14.5. The molecule has 0 saturated heterocycles. The Balaban J connectivity index is 2.16. The minimum Gasteiger partial charge on any atom is -0.362 e. The Labute approximate surface area is 124 Å². The number of anilines is 2. The van der Waals surface area contributed by atoms with Gasteiger partial charge in [-0.25, -0.2) is 4.98 Å². The molecule has 2 rings (SSSR count). The van der Waals surface area contributed by atoms with Crippen molar-refractivity contribution in [2.45, 2.75) is 26.8 Å². The quantitative estimate of drug-likeness (QED) is 0.872. The number of nitrogens with zero attached hydrogens (tertiary/aromatic N) is 2. The Bertz CT molecular complexity index is 569. The lowest BCUT2D eigenvalue weighted by molar-refractivity contribution is 0.871. The third kappa shape index (κ3) is 3.61. The van der Waals surface area contributed by atoms with E-state index in [0.717, 1.165) is 6.54 Å². The Morgan fingerprint density at radius 1 is 1.25 bits per heavy atom. The van der Waals surface area contributed by atoms with Crippen LogP contribution in [0.2, 0.25) is 5.02 Å². The second kappa shape index (κ2) is 6.57. The van der Waals surface area contributed by atoms with Crippen molar-refractivity contribution < 1.29 is 0 Å². The normalized spacial score (nSPS) is 12.0. The molecule has 0 saturated carbocycles. The summed E-state index contributed by atoms with van der Waals surface area (Å²) in [4.78, 5) is 8.51. The molecule has 2 aromatic rings. The third-order valence-electron chi connectivity index (χ3n) is 3.01. The first-order chi connectivity index (χ1) is 9.60. The number of hydrogen-bond donors (Lipinski definition) is 2. The highest BCUT2D eigenvalue weighted by molar-refractivity contribution is 6.32. The number of rotatable bonds is 5. The summed E-state index contributed by atoms with van der Waals surface area (Å²) in [5.74, 6) is 1.22. The van der Waals surface area contributed by atoms with E-state index < -0.39 is 0 Å². The lowest BCUT2D eigenvalue weighted by Crippen LogP contribution is -2.10. The monoisotopic (exact) mass is 290 g/mol. The Kier molecular flexibility index (Phi) is 4.79. The van der Waals surface area contributed by atoms with Crippen molar-refractivity contribution in [1.29, 1.82) is 0 Å². The molecule has 0 aliphatic heterocycles. The van der Waals surface area contributed by atoms with Crippen LogP contribution in [-0.4, -0.2) is 16.5 Å². The molecule has 106 valence electrons. The van der Waals surface area contributed by atoms with E-state index in [1.165, 1.54) is 11.1 Å². The average molecular weight is 291 g/mol. The summed E-state index contributed by atoms with van der Waals surface area (Å²) in [5, 5.41) is 6.92. The molecule has 0 fully saturated rings. The molecule has 1 aromatic carbocycles. The summed E-state index contributed by atoms with van der Waals surface area (Å²) in [6.45, 7) is 6.93. The molecule has 1 heterocycles. The van der Waals surface area contributed by atoms with Crippen LogP contribution in [0.4, 0.5) is 11.8 Å². The highest BCUT2D eigenvalue weighted by atomic mass is 35.5. The van der Waals surface area contributed by atoms with Crippen LogP contribution in [0.15, 0.2) is 30.5 Å². The molecule has 0 spiro atoms. The van der Waals surface area contributed by atoms with Crippen LogP contribution in [0.3, 0.4) is 0 Å². The first kappa shape index (κ1) is 14.6. The van der Waals surface area contributed by atoms with E-state index in [-0.39, 0.29) is 6.04 Å². The largest absolute Gasteiger partial charge is 0.362 e. The van der Waals surface area contributed by atoms with Gasteiger partial charge in [0.1, 0.15) is 5.02 Å². The second-order valence-electron chi connectivity index (χ2n) is 4.70. The maximum Gasteiger partial charge on any atom is 0.224 e. The van der Waals surface area contributed by atoms with Crippen LogP contribution in [0, 0.1) is 6.92 Å². The molecule has 2 N–H and O–H groups in total. The molecule has 0 aliphatic rings. The van der Waals surface area contributed by atoms with Gasteiger partial charge in [-0.2, -0.15) is 4.98 Å². The van der Waals surface area contributed by atoms with Crippen molar-refractivity contribution in [3.05, 3.63) is 46.6 Å². The van der Waals surface area contributed by atoms with Crippen LogP contribution in [0.5, 0.6) is 0 Å². The number of halogens is 1. The lowest BCUT2D eigenvalue weighted by atomic mass is 10.1. The predicted molar refractivity (Wildman–Crippen MR) is 84.4 cm³/mol. The number of hydrogen-bond acceptors (Lipinski definition) is 4. The summed E-state index contributed by atoms with van der Waals surface area (Å²) in [6.07, 6.45) is 1.61.